The number of hydrogen-bond donors (Lipinski definition) is 1. The van der Waals surface area contributed by atoms with Gasteiger partial charge >= 0.3 is 0 Å². The molecule has 0 aliphatic carbocycles. The summed E-state index contributed by atoms with van der Waals surface area (Å²) in [6.45, 7) is 2.74. The van der Waals surface area contributed by atoms with Gasteiger partial charge in [0.25, 0.3) is 10.1 Å². The first-order valence-electron chi connectivity index (χ1n) is 7.26. The van der Waals surface area contributed by atoms with Gasteiger partial charge < -0.3 is 9.84 Å². The molecule has 0 saturated carbocycles. The summed E-state index contributed by atoms with van der Waals surface area (Å²) in [6, 6.07) is 13.4. The zero-order valence-corrected chi connectivity index (χ0v) is 15.8. The van der Waals surface area contributed by atoms with Gasteiger partial charge in [-0.1, -0.05) is 33.6 Å². The molecule has 1 N–H and O–H groups in total. The van der Waals surface area contributed by atoms with Crippen molar-refractivity contribution in [3.05, 3.63) is 58.6 Å². The molecule has 0 radical (unpaired) electrons. The van der Waals surface area contributed by atoms with E-state index in [2.05, 4.69) is 15.9 Å². The van der Waals surface area contributed by atoms with E-state index in [-0.39, 0.29) is 11.5 Å². The Morgan fingerprint density at radius 3 is 2.21 bits per heavy atom. The molecule has 0 fully saturated rings. The molecular formula is C17H19BrO5S. The molecule has 0 saturated heterocycles. The van der Waals surface area contributed by atoms with Crippen molar-refractivity contribution < 1.29 is 22.4 Å². The standard InChI is InChI=1S/C17H19BrO5S/c1-13-3-9-16(10-4-13)24(20,21)22-12-17(2,11-19)23-15-7-5-14(18)6-8-15/h3-10,19H,11-12H2,1-2H3. The molecule has 7 heteroatoms. The predicted octanol–water partition coefficient (Wildman–Crippen LogP) is 3.29. The van der Waals surface area contributed by atoms with Crippen LogP contribution >= 0.6 is 15.9 Å². The minimum Gasteiger partial charge on any atom is -0.483 e. The van der Waals surface area contributed by atoms with E-state index in [1.54, 1.807) is 43.3 Å². The SMILES string of the molecule is Cc1ccc(S(=O)(=O)OCC(C)(CO)Oc2ccc(Br)cc2)cc1. The highest BCUT2D eigenvalue weighted by Crippen LogP contribution is 2.23. The lowest BCUT2D eigenvalue weighted by atomic mass is 10.1. The van der Waals surface area contributed by atoms with Gasteiger partial charge in [0.1, 0.15) is 12.4 Å². The van der Waals surface area contributed by atoms with Crippen LogP contribution in [0.5, 0.6) is 5.75 Å². The Hall–Kier alpha value is -1.41. The fraction of sp³-hybridized carbons (Fsp3) is 0.294. The van der Waals surface area contributed by atoms with Gasteiger partial charge in [-0.3, -0.25) is 4.18 Å². The smallest absolute Gasteiger partial charge is 0.297 e. The average molecular weight is 415 g/mol. The van der Waals surface area contributed by atoms with Crippen LogP contribution in [0.15, 0.2) is 57.9 Å². The minimum atomic E-state index is -3.92. The molecule has 1 unspecified atom stereocenters. The molecule has 2 rings (SSSR count). The molecule has 0 spiro atoms. The maximum absolute atomic E-state index is 12.2. The molecule has 0 amide bonds. The number of aryl methyl sites for hydroxylation is 1. The highest BCUT2D eigenvalue weighted by Gasteiger charge is 2.30. The van der Waals surface area contributed by atoms with Crippen LogP contribution in [-0.2, 0) is 14.3 Å². The monoisotopic (exact) mass is 414 g/mol. The van der Waals surface area contributed by atoms with Crippen molar-refractivity contribution in [2.45, 2.75) is 24.3 Å². The van der Waals surface area contributed by atoms with Gasteiger partial charge in [-0.2, -0.15) is 8.42 Å². The Labute approximate surface area is 150 Å². The summed E-state index contributed by atoms with van der Waals surface area (Å²) in [6.07, 6.45) is 0. The van der Waals surface area contributed by atoms with Crippen LogP contribution in [0.25, 0.3) is 0 Å². The van der Waals surface area contributed by atoms with E-state index in [9.17, 15) is 13.5 Å². The van der Waals surface area contributed by atoms with Crippen LogP contribution in [0.3, 0.4) is 0 Å². The highest BCUT2D eigenvalue weighted by atomic mass is 79.9. The van der Waals surface area contributed by atoms with E-state index >= 15 is 0 Å². The summed E-state index contributed by atoms with van der Waals surface area (Å²) in [5.41, 5.74) is -0.237. The Bertz CT molecular complexity index is 772. The maximum atomic E-state index is 12.2. The topological polar surface area (TPSA) is 72.8 Å². The summed E-state index contributed by atoms with van der Waals surface area (Å²) in [4.78, 5) is 0.0667. The lowest BCUT2D eigenvalue weighted by Gasteiger charge is -2.28. The number of aliphatic hydroxyl groups is 1. The first-order valence-corrected chi connectivity index (χ1v) is 9.46. The van der Waals surface area contributed by atoms with Gasteiger partial charge in [0.15, 0.2) is 5.60 Å². The second-order valence-corrected chi connectivity index (χ2v) is 8.22. The molecule has 2 aromatic rings. The summed E-state index contributed by atoms with van der Waals surface area (Å²) < 4.78 is 36.1. The van der Waals surface area contributed by atoms with Crippen molar-refractivity contribution >= 4 is 26.0 Å². The van der Waals surface area contributed by atoms with Crippen molar-refractivity contribution in [1.82, 2.24) is 0 Å². The van der Waals surface area contributed by atoms with Gasteiger partial charge in [-0.25, -0.2) is 0 Å². The average Bonchev–Trinajstić information content (AvgIpc) is 2.56. The molecule has 2 aromatic carbocycles. The third kappa shape index (κ3) is 5.04. The number of hydrogen-bond acceptors (Lipinski definition) is 5. The van der Waals surface area contributed by atoms with Crippen molar-refractivity contribution in [2.24, 2.45) is 0 Å². The first kappa shape index (κ1) is 18.9. The van der Waals surface area contributed by atoms with Crippen molar-refractivity contribution in [3.8, 4) is 5.75 Å². The van der Waals surface area contributed by atoms with E-state index in [4.69, 9.17) is 8.92 Å². The molecule has 0 aromatic heterocycles. The van der Waals surface area contributed by atoms with Gasteiger partial charge in [0, 0.05) is 4.47 Å². The highest BCUT2D eigenvalue weighted by molar-refractivity contribution is 9.10. The zero-order chi connectivity index (χ0) is 17.8. The summed E-state index contributed by atoms with van der Waals surface area (Å²) >= 11 is 3.32. The number of aliphatic hydroxyl groups excluding tert-OH is 1. The molecule has 0 bridgehead atoms. The fourth-order valence-electron chi connectivity index (χ4n) is 1.87. The Morgan fingerprint density at radius 2 is 1.67 bits per heavy atom. The van der Waals surface area contributed by atoms with Crippen molar-refractivity contribution in [1.29, 1.82) is 0 Å². The molecule has 0 heterocycles. The number of ether oxygens (including phenoxy) is 1. The zero-order valence-electron chi connectivity index (χ0n) is 13.4. The molecule has 0 aliphatic heterocycles. The summed E-state index contributed by atoms with van der Waals surface area (Å²) in [7, 11) is -3.92. The Balaban J connectivity index is 2.08. The molecule has 1 atom stereocenters. The van der Waals surface area contributed by atoms with E-state index in [0.29, 0.717) is 5.75 Å². The van der Waals surface area contributed by atoms with Crippen LogP contribution in [0, 0.1) is 6.92 Å². The van der Waals surface area contributed by atoms with Crippen LogP contribution in [0.1, 0.15) is 12.5 Å². The molecular weight excluding hydrogens is 396 g/mol. The second-order valence-electron chi connectivity index (χ2n) is 5.69. The van der Waals surface area contributed by atoms with Crippen LogP contribution in [0.2, 0.25) is 0 Å². The third-order valence-electron chi connectivity index (χ3n) is 3.34. The van der Waals surface area contributed by atoms with Crippen molar-refractivity contribution in [3.63, 3.8) is 0 Å². The van der Waals surface area contributed by atoms with E-state index < -0.39 is 22.3 Å². The fourth-order valence-corrected chi connectivity index (χ4v) is 3.14. The summed E-state index contributed by atoms with van der Waals surface area (Å²) in [5, 5.41) is 9.60. The lowest BCUT2D eigenvalue weighted by Crippen LogP contribution is -2.42. The summed E-state index contributed by atoms with van der Waals surface area (Å²) in [5.74, 6) is 0.506. The maximum Gasteiger partial charge on any atom is 0.297 e. The van der Waals surface area contributed by atoms with Crippen LogP contribution in [0.4, 0.5) is 0 Å². The Morgan fingerprint density at radius 1 is 1.08 bits per heavy atom. The van der Waals surface area contributed by atoms with Gasteiger partial charge in [0.2, 0.25) is 0 Å². The predicted molar refractivity (Wildman–Crippen MR) is 94.6 cm³/mol. The van der Waals surface area contributed by atoms with Gasteiger partial charge in [-0.15, -0.1) is 0 Å². The Kier molecular flexibility index (Phi) is 6.03. The minimum absolute atomic E-state index is 0.0667. The number of rotatable bonds is 7. The van der Waals surface area contributed by atoms with Gasteiger partial charge in [-0.05, 0) is 50.2 Å². The largest absolute Gasteiger partial charge is 0.483 e. The van der Waals surface area contributed by atoms with Gasteiger partial charge in [0.05, 0.1) is 11.5 Å². The van der Waals surface area contributed by atoms with Crippen molar-refractivity contribution in [2.75, 3.05) is 13.2 Å². The number of benzene rings is 2. The van der Waals surface area contributed by atoms with E-state index in [0.717, 1.165) is 10.0 Å². The molecule has 5 nitrogen and oxygen atoms in total. The van der Waals surface area contributed by atoms with Crippen LogP contribution in [-0.4, -0.2) is 32.3 Å². The lowest BCUT2D eigenvalue weighted by molar-refractivity contribution is -0.00991. The second kappa shape index (κ2) is 7.65. The first-order chi connectivity index (χ1) is 11.2. The van der Waals surface area contributed by atoms with E-state index in [1.807, 2.05) is 6.92 Å². The molecule has 130 valence electrons. The molecule has 0 aliphatic rings. The third-order valence-corrected chi connectivity index (χ3v) is 5.15. The molecule has 24 heavy (non-hydrogen) atoms. The van der Waals surface area contributed by atoms with Crippen LogP contribution < -0.4 is 4.74 Å². The quantitative estimate of drug-likeness (QED) is 0.703. The van der Waals surface area contributed by atoms with E-state index in [1.165, 1.54) is 12.1 Å². The normalized spacial score (nSPS) is 14.2. The number of halogens is 1.